The molecule has 1 rings (SSSR count). The minimum absolute atomic E-state index is 0.0943. The molecule has 1 N–H and O–H groups in total. The Bertz CT molecular complexity index is 317. The first-order valence-corrected chi connectivity index (χ1v) is 5.33. The SMILES string of the molecule is Cc1cnn(CCC(=O)NCC(C)C)c1. The van der Waals surface area contributed by atoms with Crippen LogP contribution in [0.3, 0.4) is 0 Å². The Balaban J connectivity index is 2.22. The lowest BCUT2D eigenvalue weighted by molar-refractivity contribution is -0.121. The summed E-state index contributed by atoms with van der Waals surface area (Å²) >= 11 is 0. The van der Waals surface area contributed by atoms with E-state index in [9.17, 15) is 4.79 Å². The summed E-state index contributed by atoms with van der Waals surface area (Å²) in [5, 5.41) is 7.00. The first-order valence-electron chi connectivity index (χ1n) is 5.33. The van der Waals surface area contributed by atoms with Gasteiger partial charge in [0.15, 0.2) is 0 Å². The average Bonchev–Trinajstić information content (AvgIpc) is 2.58. The molecule has 0 aliphatic heterocycles. The zero-order valence-electron chi connectivity index (χ0n) is 9.66. The second kappa shape index (κ2) is 5.53. The fraction of sp³-hybridized carbons (Fsp3) is 0.636. The number of carbonyl (C=O) groups is 1. The fourth-order valence-corrected chi connectivity index (χ4v) is 1.21. The molecule has 4 nitrogen and oxygen atoms in total. The summed E-state index contributed by atoms with van der Waals surface area (Å²) in [5.74, 6) is 0.595. The summed E-state index contributed by atoms with van der Waals surface area (Å²) < 4.78 is 1.80. The van der Waals surface area contributed by atoms with Gasteiger partial charge in [-0.2, -0.15) is 5.10 Å². The van der Waals surface area contributed by atoms with Crippen molar-refractivity contribution in [3.8, 4) is 0 Å². The number of hydrogen-bond donors (Lipinski definition) is 1. The smallest absolute Gasteiger partial charge is 0.221 e. The van der Waals surface area contributed by atoms with Gasteiger partial charge in [-0.3, -0.25) is 9.48 Å². The number of carbonyl (C=O) groups excluding carboxylic acids is 1. The average molecular weight is 209 g/mol. The molecule has 1 aromatic heterocycles. The molecule has 0 aromatic carbocycles. The Kier molecular flexibility index (Phi) is 4.34. The molecule has 0 radical (unpaired) electrons. The van der Waals surface area contributed by atoms with Crippen molar-refractivity contribution in [2.45, 2.75) is 33.7 Å². The molecule has 0 spiro atoms. The molecule has 0 aliphatic rings. The van der Waals surface area contributed by atoms with E-state index >= 15 is 0 Å². The van der Waals surface area contributed by atoms with E-state index < -0.39 is 0 Å². The topological polar surface area (TPSA) is 46.9 Å². The van der Waals surface area contributed by atoms with E-state index in [4.69, 9.17) is 0 Å². The molecule has 0 saturated carbocycles. The second-order valence-electron chi connectivity index (χ2n) is 4.23. The number of nitrogens with zero attached hydrogens (tertiary/aromatic N) is 2. The van der Waals surface area contributed by atoms with E-state index in [1.165, 1.54) is 0 Å². The molecule has 1 aromatic rings. The van der Waals surface area contributed by atoms with Gasteiger partial charge in [-0.05, 0) is 18.4 Å². The summed E-state index contributed by atoms with van der Waals surface area (Å²) in [7, 11) is 0. The van der Waals surface area contributed by atoms with Crippen LogP contribution in [0.25, 0.3) is 0 Å². The highest BCUT2D eigenvalue weighted by molar-refractivity contribution is 5.75. The quantitative estimate of drug-likeness (QED) is 0.795. The predicted octanol–water partition coefficient (Wildman–Crippen LogP) is 1.35. The first kappa shape index (κ1) is 11.8. The molecular weight excluding hydrogens is 190 g/mol. The standard InChI is InChI=1S/C11H19N3O/c1-9(2)6-12-11(15)4-5-14-8-10(3)7-13-14/h7-9H,4-6H2,1-3H3,(H,12,15). The highest BCUT2D eigenvalue weighted by Crippen LogP contribution is 1.96. The molecule has 0 bridgehead atoms. The predicted molar refractivity (Wildman–Crippen MR) is 59.4 cm³/mol. The molecule has 4 heteroatoms. The molecule has 0 fully saturated rings. The van der Waals surface area contributed by atoms with E-state index in [2.05, 4.69) is 24.3 Å². The highest BCUT2D eigenvalue weighted by atomic mass is 16.1. The number of aryl methyl sites for hydroxylation is 2. The van der Waals surface area contributed by atoms with E-state index in [1.807, 2.05) is 13.1 Å². The van der Waals surface area contributed by atoms with E-state index in [0.717, 1.165) is 12.1 Å². The van der Waals surface area contributed by atoms with Crippen LogP contribution >= 0.6 is 0 Å². The Labute approximate surface area is 90.7 Å². The number of nitrogens with one attached hydrogen (secondary N) is 1. The lowest BCUT2D eigenvalue weighted by Crippen LogP contribution is -2.28. The molecule has 1 heterocycles. The lowest BCUT2D eigenvalue weighted by Gasteiger charge is -2.07. The van der Waals surface area contributed by atoms with Crippen LogP contribution in [0.1, 0.15) is 25.8 Å². The molecule has 84 valence electrons. The van der Waals surface area contributed by atoms with Gasteiger partial charge < -0.3 is 5.32 Å². The van der Waals surface area contributed by atoms with Gasteiger partial charge in [0.05, 0.1) is 6.20 Å². The molecule has 1 amide bonds. The van der Waals surface area contributed by atoms with Crippen LogP contribution in [-0.2, 0) is 11.3 Å². The van der Waals surface area contributed by atoms with E-state index in [-0.39, 0.29) is 5.91 Å². The van der Waals surface area contributed by atoms with Crippen molar-refractivity contribution in [1.29, 1.82) is 0 Å². The number of hydrogen-bond acceptors (Lipinski definition) is 2. The fourth-order valence-electron chi connectivity index (χ4n) is 1.21. The Morgan fingerprint density at radius 1 is 1.60 bits per heavy atom. The minimum Gasteiger partial charge on any atom is -0.356 e. The van der Waals surface area contributed by atoms with Crippen molar-refractivity contribution in [3.05, 3.63) is 18.0 Å². The van der Waals surface area contributed by atoms with Gasteiger partial charge in [-0.25, -0.2) is 0 Å². The molecule has 0 unspecified atom stereocenters. The largest absolute Gasteiger partial charge is 0.356 e. The van der Waals surface area contributed by atoms with Gasteiger partial charge >= 0.3 is 0 Å². The van der Waals surface area contributed by atoms with Gasteiger partial charge in [-0.1, -0.05) is 13.8 Å². The molecule has 0 atom stereocenters. The van der Waals surface area contributed by atoms with Crippen LogP contribution < -0.4 is 5.32 Å². The third kappa shape index (κ3) is 4.63. The molecule has 0 aliphatic carbocycles. The first-order chi connectivity index (χ1) is 7.08. The van der Waals surface area contributed by atoms with Crippen molar-refractivity contribution in [2.75, 3.05) is 6.54 Å². The maximum absolute atomic E-state index is 11.4. The second-order valence-corrected chi connectivity index (χ2v) is 4.23. The van der Waals surface area contributed by atoms with Crippen molar-refractivity contribution in [1.82, 2.24) is 15.1 Å². The number of rotatable bonds is 5. The lowest BCUT2D eigenvalue weighted by atomic mass is 10.2. The summed E-state index contributed by atoms with van der Waals surface area (Å²) in [6.45, 7) is 7.55. The molecule has 15 heavy (non-hydrogen) atoms. The monoisotopic (exact) mass is 209 g/mol. The van der Waals surface area contributed by atoms with Crippen molar-refractivity contribution < 1.29 is 4.79 Å². The van der Waals surface area contributed by atoms with Crippen LogP contribution in [0, 0.1) is 12.8 Å². The zero-order valence-corrected chi connectivity index (χ0v) is 9.66. The van der Waals surface area contributed by atoms with E-state index in [1.54, 1.807) is 10.9 Å². The van der Waals surface area contributed by atoms with Gasteiger partial charge in [0.1, 0.15) is 0 Å². The summed E-state index contributed by atoms with van der Waals surface area (Å²) in [6.07, 6.45) is 4.23. The maximum Gasteiger partial charge on any atom is 0.221 e. The van der Waals surface area contributed by atoms with Gasteiger partial charge in [-0.15, -0.1) is 0 Å². The zero-order chi connectivity index (χ0) is 11.3. The molecular formula is C11H19N3O. The van der Waals surface area contributed by atoms with Crippen LogP contribution in [-0.4, -0.2) is 22.2 Å². The van der Waals surface area contributed by atoms with Gasteiger partial charge in [0.25, 0.3) is 0 Å². The Morgan fingerprint density at radius 2 is 2.33 bits per heavy atom. The van der Waals surface area contributed by atoms with Gasteiger partial charge in [0.2, 0.25) is 5.91 Å². The number of aromatic nitrogens is 2. The van der Waals surface area contributed by atoms with Crippen LogP contribution in [0.2, 0.25) is 0 Å². The maximum atomic E-state index is 11.4. The normalized spacial score (nSPS) is 10.7. The Morgan fingerprint density at radius 3 is 2.87 bits per heavy atom. The third-order valence-corrected chi connectivity index (χ3v) is 2.04. The summed E-state index contributed by atoms with van der Waals surface area (Å²) in [6, 6.07) is 0. The van der Waals surface area contributed by atoms with Crippen molar-refractivity contribution in [3.63, 3.8) is 0 Å². The summed E-state index contributed by atoms with van der Waals surface area (Å²) in [5.41, 5.74) is 1.12. The van der Waals surface area contributed by atoms with Crippen molar-refractivity contribution in [2.24, 2.45) is 5.92 Å². The van der Waals surface area contributed by atoms with Crippen LogP contribution in [0.15, 0.2) is 12.4 Å². The minimum atomic E-state index is 0.0943. The van der Waals surface area contributed by atoms with Crippen LogP contribution in [0.4, 0.5) is 0 Å². The third-order valence-electron chi connectivity index (χ3n) is 2.04. The summed E-state index contributed by atoms with van der Waals surface area (Å²) in [4.78, 5) is 11.4. The number of amides is 1. The Hall–Kier alpha value is -1.32. The van der Waals surface area contributed by atoms with Crippen molar-refractivity contribution >= 4 is 5.91 Å². The highest BCUT2D eigenvalue weighted by Gasteiger charge is 2.02. The van der Waals surface area contributed by atoms with Crippen LogP contribution in [0.5, 0.6) is 0 Å². The molecule has 0 saturated heterocycles. The van der Waals surface area contributed by atoms with E-state index in [0.29, 0.717) is 18.9 Å². The van der Waals surface area contributed by atoms with Gasteiger partial charge in [0, 0.05) is 25.7 Å².